The van der Waals surface area contributed by atoms with Gasteiger partial charge in [0.05, 0.1) is 33.2 Å². The van der Waals surface area contributed by atoms with Crippen LogP contribution in [0.3, 0.4) is 0 Å². The molecule has 6 rings (SSSR count). The molecule has 0 saturated carbocycles. The van der Waals surface area contributed by atoms with E-state index in [1.165, 1.54) is 12.1 Å². The Morgan fingerprint density at radius 2 is 1.88 bits per heavy atom. The number of benzene rings is 2. The average molecular weight is 501 g/mol. The van der Waals surface area contributed by atoms with Gasteiger partial charge in [-0.1, -0.05) is 29.3 Å². The van der Waals surface area contributed by atoms with Crippen molar-refractivity contribution in [2.24, 2.45) is 11.8 Å². The molecular weight excluding hydrogens is 483 g/mol. The highest BCUT2D eigenvalue weighted by molar-refractivity contribution is 6.37. The summed E-state index contributed by atoms with van der Waals surface area (Å²) in [4.78, 5) is 54.9. The summed E-state index contributed by atoms with van der Waals surface area (Å²) in [7, 11) is 0. The van der Waals surface area contributed by atoms with E-state index in [-0.39, 0.29) is 28.3 Å². The van der Waals surface area contributed by atoms with Crippen LogP contribution < -0.4 is 10.2 Å². The summed E-state index contributed by atoms with van der Waals surface area (Å²) >= 11 is 12.6. The van der Waals surface area contributed by atoms with Gasteiger partial charge >= 0.3 is 0 Å². The Balaban J connectivity index is 1.54. The molecule has 4 heterocycles. The maximum Gasteiger partial charge on any atom is 0.271 e. The van der Waals surface area contributed by atoms with Gasteiger partial charge < -0.3 is 5.32 Å². The number of non-ortho nitro benzene ring substituents is 1. The van der Waals surface area contributed by atoms with E-state index in [0.717, 1.165) is 17.4 Å². The van der Waals surface area contributed by atoms with Gasteiger partial charge in [0.25, 0.3) is 5.69 Å². The fourth-order valence-electron chi connectivity index (χ4n) is 6.42. The number of carbonyl (C=O) groups excluding carboxylic acids is 3. The normalized spacial score (nSPS) is 29.6. The van der Waals surface area contributed by atoms with Crippen molar-refractivity contribution in [2.45, 2.75) is 31.3 Å². The molecule has 174 valence electrons. The summed E-state index contributed by atoms with van der Waals surface area (Å²) in [5.74, 6) is -2.99. The van der Waals surface area contributed by atoms with E-state index in [0.29, 0.717) is 34.8 Å². The molecule has 0 bridgehead atoms. The number of nitrogens with zero attached hydrogens (tertiary/aromatic N) is 3. The van der Waals surface area contributed by atoms with Gasteiger partial charge in [-0.25, -0.2) is 4.90 Å². The molecule has 2 aromatic carbocycles. The van der Waals surface area contributed by atoms with Gasteiger partial charge in [0.1, 0.15) is 5.54 Å². The molecule has 2 aromatic rings. The van der Waals surface area contributed by atoms with Crippen molar-refractivity contribution in [3.05, 3.63) is 61.6 Å². The highest BCUT2D eigenvalue weighted by atomic mass is 35.5. The largest absolute Gasteiger partial charge is 0.324 e. The number of anilines is 2. The van der Waals surface area contributed by atoms with E-state index >= 15 is 0 Å². The first kappa shape index (κ1) is 21.5. The summed E-state index contributed by atoms with van der Waals surface area (Å²) in [6.07, 6.45) is 1.48. The lowest BCUT2D eigenvalue weighted by atomic mass is 9.75. The van der Waals surface area contributed by atoms with E-state index < -0.39 is 34.1 Å². The number of carbonyl (C=O) groups is 3. The van der Waals surface area contributed by atoms with Crippen LogP contribution in [0.1, 0.15) is 24.0 Å². The van der Waals surface area contributed by atoms with E-state index in [1.54, 1.807) is 19.1 Å². The van der Waals surface area contributed by atoms with Gasteiger partial charge in [0, 0.05) is 28.8 Å². The SMILES string of the molecule is Cc1c(Cl)ccc2c1NC(=O)[C@]21[C@@H]2C(=O)N(c3ccc([N+](=O)[O-])cc3Cl)C(=O)[C@@H]2[C@@H]2CCCN21. The van der Waals surface area contributed by atoms with Crippen molar-refractivity contribution in [3.63, 3.8) is 0 Å². The summed E-state index contributed by atoms with van der Waals surface area (Å²) < 4.78 is 0. The highest BCUT2D eigenvalue weighted by Crippen LogP contribution is 2.61. The van der Waals surface area contributed by atoms with Crippen LogP contribution in [0.2, 0.25) is 10.0 Å². The third kappa shape index (κ3) is 2.41. The van der Waals surface area contributed by atoms with Gasteiger partial charge in [-0.05, 0) is 44.0 Å². The summed E-state index contributed by atoms with van der Waals surface area (Å²) in [5.41, 5.74) is 0.443. The zero-order valence-corrected chi connectivity index (χ0v) is 19.4. The molecule has 0 unspecified atom stereocenters. The van der Waals surface area contributed by atoms with Gasteiger partial charge in [-0.2, -0.15) is 0 Å². The molecule has 11 heteroatoms. The molecule has 4 aliphatic rings. The minimum Gasteiger partial charge on any atom is -0.324 e. The van der Waals surface area contributed by atoms with Crippen LogP contribution in [-0.2, 0) is 19.9 Å². The summed E-state index contributed by atoms with van der Waals surface area (Å²) in [6.45, 7) is 2.39. The molecule has 34 heavy (non-hydrogen) atoms. The Morgan fingerprint density at radius 1 is 1.12 bits per heavy atom. The second-order valence-electron chi connectivity index (χ2n) is 9.13. The fourth-order valence-corrected chi connectivity index (χ4v) is 6.84. The average Bonchev–Trinajstić information content (AvgIpc) is 3.50. The molecule has 3 amide bonds. The van der Waals surface area contributed by atoms with E-state index in [2.05, 4.69) is 5.32 Å². The molecule has 1 spiro atoms. The van der Waals surface area contributed by atoms with Crippen molar-refractivity contribution in [1.29, 1.82) is 0 Å². The molecule has 3 saturated heterocycles. The number of hydrogen-bond donors (Lipinski definition) is 1. The standard InChI is InChI=1S/C23H18Cl2N4O5/c1-10-13(24)6-5-12-19(10)26-22(32)23(12)18-17(16-3-2-8-27(16)23)20(30)28(21(18)31)15-7-4-11(29(33)34)9-14(15)25/h4-7,9,16-18H,2-3,8H2,1H3,(H,26,32)/t16-,17+,18-,23+/m0/s1. The predicted octanol–water partition coefficient (Wildman–Crippen LogP) is 3.64. The van der Waals surface area contributed by atoms with Crippen LogP contribution in [0, 0.1) is 28.9 Å². The second-order valence-corrected chi connectivity index (χ2v) is 9.94. The van der Waals surface area contributed by atoms with Gasteiger partial charge in [-0.15, -0.1) is 0 Å². The summed E-state index contributed by atoms with van der Waals surface area (Å²) in [5, 5.41) is 14.5. The minimum absolute atomic E-state index is 0.0768. The molecule has 3 fully saturated rings. The van der Waals surface area contributed by atoms with Crippen molar-refractivity contribution < 1.29 is 19.3 Å². The number of halogens is 2. The number of nitrogens with one attached hydrogen (secondary N) is 1. The lowest BCUT2D eigenvalue weighted by Crippen LogP contribution is -2.54. The number of nitro benzene ring substituents is 1. The van der Waals surface area contributed by atoms with Crippen LogP contribution in [0.25, 0.3) is 0 Å². The Labute approximate surface area is 203 Å². The lowest BCUT2D eigenvalue weighted by Gasteiger charge is -2.36. The number of amides is 3. The Kier molecular flexibility index (Phi) is 4.43. The Hall–Kier alpha value is -3.01. The monoisotopic (exact) mass is 500 g/mol. The lowest BCUT2D eigenvalue weighted by molar-refractivity contribution is -0.384. The van der Waals surface area contributed by atoms with Gasteiger partial charge in [-0.3, -0.25) is 29.4 Å². The van der Waals surface area contributed by atoms with Crippen molar-refractivity contribution >= 4 is 58.0 Å². The zero-order valence-electron chi connectivity index (χ0n) is 17.9. The van der Waals surface area contributed by atoms with E-state index in [9.17, 15) is 24.5 Å². The molecule has 0 aliphatic carbocycles. The number of imide groups is 1. The third-order valence-electron chi connectivity index (χ3n) is 7.75. The zero-order chi connectivity index (χ0) is 24.1. The van der Waals surface area contributed by atoms with Crippen LogP contribution in [0.15, 0.2) is 30.3 Å². The van der Waals surface area contributed by atoms with Gasteiger partial charge in [0.2, 0.25) is 17.7 Å². The number of fused-ring (bicyclic) bond motifs is 7. The molecule has 1 N–H and O–H groups in total. The first-order chi connectivity index (χ1) is 16.2. The molecular formula is C23H18Cl2N4O5. The molecule has 4 atom stereocenters. The van der Waals surface area contributed by atoms with Crippen molar-refractivity contribution in [2.75, 3.05) is 16.8 Å². The summed E-state index contributed by atoms with van der Waals surface area (Å²) in [6, 6.07) is 6.82. The number of hydrogen-bond acceptors (Lipinski definition) is 6. The molecule has 4 aliphatic heterocycles. The number of nitro groups is 1. The Bertz CT molecular complexity index is 1350. The van der Waals surface area contributed by atoms with E-state index in [1.807, 2.05) is 4.90 Å². The fraction of sp³-hybridized carbons (Fsp3) is 0.348. The van der Waals surface area contributed by atoms with Crippen LogP contribution >= 0.6 is 23.2 Å². The van der Waals surface area contributed by atoms with Crippen molar-refractivity contribution in [3.8, 4) is 0 Å². The molecule has 9 nitrogen and oxygen atoms in total. The van der Waals surface area contributed by atoms with E-state index in [4.69, 9.17) is 23.2 Å². The quantitative estimate of drug-likeness (QED) is 0.382. The Morgan fingerprint density at radius 3 is 2.59 bits per heavy atom. The highest BCUT2D eigenvalue weighted by Gasteiger charge is 2.74. The van der Waals surface area contributed by atoms with Crippen LogP contribution in [0.4, 0.5) is 17.1 Å². The molecule has 0 radical (unpaired) electrons. The first-order valence-corrected chi connectivity index (χ1v) is 11.6. The first-order valence-electron chi connectivity index (χ1n) is 10.9. The van der Waals surface area contributed by atoms with Crippen LogP contribution in [-0.4, -0.2) is 40.1 Å². The minimum atomic E-state index is -1.33. The second kappa shape index (κ2) is 7.00. The maximum atomic E-state index is 13.9. The number of rotatable bonds is 2. The topological polar surface area (TPSA) is 113 Å². The van der Waals surface area contributed by atoms with Gasteiger partial charge in [0.15, 0.2) is 0 Å². The predicted molar refractivity (Wildman–Crippen MR) is 124 cm³/mol. The van der Waals surface area contributed by atoms with Crippen LogP contribution in [0.5, 0.6) is 0 Å². The molecule has 0 aromatic heterocycles. The maximum absolute atomic E-state index is 13.9. The third-order valence-corrected chi connectivity index (χ3v) is 8.46. The smallest absolute Gasteiger partial charge is 0.271 e. The van der Waals surface area contributed by atoms with Crippen molar-refractivity contribution in [1.82, 2.24) is 4.90 Å².